The van der Waals surface area contributed by atoms with Crippen LogP contribution in [0.25, 0.3) is 5.76 Å². The van der Waals surface area contributed by atoms with Gasteiger partial charge < -0.3 is 29.3 Å². The third-order valence-corrected chi connectivity index (χ3v) is 6.46. The summed E-state index contributed by atoms with van der Waals surface area (Å²) in [5, 5.41) is 21.7. The van der Waals surface area contributed by atoms with Crippen molar-refractivity contribution < 1.29 is 34.0 Å². The topological polar surface area (TPSA) is 106 Å². The van der Waals surface area contributed by atoms with E-state index in [4.69, 9.17) is 14.2 Å². The van der Waals surface area contributed by atoms with Gasteiger partial charge in [0, 0.05) is 12.1 Å². The zero-order chi connectivity index (χ0) is 28.3. The first-order valence-electron chi connectivity index (χ1n) is 12.8. The summed E-state index contributed by atoms with van der Waals surface area (Å²) in [4.78, 5) is 28.3. The van der Waals surface area contributed by atoms with Gasteiger partial charge in [-0.3, -0.25) is 9.59 Å². The highest BCUT2D eigenvalue weighted by Gasteiger charge is 2.46. The summed E-state index contributed by atoms with van der Waals surface area (Å²) < 4.78 is 16.6. The van der Waals surface area contributed by atoms with Gasteiger partial charge in [-0.1, -0.05) is 18.2 Å². The summed E-state index contributed by atoms with van der Waals surface area (Å²) in [6, 6.07) is 16.1. The number of phenolic OH excluding ortho intramolecular Hbond substituents is 1. The number of ketones is 1. The van der Waals surface area contributed by atoms with E-state index in [1.54, 1.807) is 56.5 Å². The smallest absolute Gasteiger partial charge is 0.295 e. The Morgan fingerprint density at radius 3 is 2.33 bits per heavy atom. The lowest BCUT2D eigenvalue weighted by Crippen LogP contribution is -2.29. The Morgan fingerprint density at radius 2 is 1.72 bits per heavy atom. The number of aromatic hydroxyl groups is 1. The molecule has 0 radical (unpaired) electrons. The highest BCUT2D eigenvalue weighted by molar-refractivity contribution is 6.46. The lowest BCUT2D eigenvalue weighted by Gasteiger charge is -2.26. The molecule has 4 rings (SSSR count). The number of benzene rings is 3. The number of Topliss-reactive ketones (excluding diaryl/α,β-unsaturated/α-hetero) is 1. The van der Waals surface area contributed by atoms with Gasteiger partial charge in [0.1, 0.15) is 17.3 Å². The number of rotatable bonds is 9. The van der Waals surface area contributed by atoms with Crippen LogP contribution in [0.4, 0.5) is 0 Å². The molecule has 204 valence electrons. The Balaban J connectivity index is 1.84. The quantitative estimate of drug-likeness (QED) is 0.213. The maximum Gasteiger partial charge on any atom is 0.295 e. The van der Waals surface area contributed by atoms with Gasteiger partial charge in [-0.15, -0.1) is 0 Å². The van der Waals surface area contributed by atoms with Gasteiger partial charge in [0.2, 0.25) is 0 Å². The summed E-state index contributed by atoms with van der Waals surface area (Å²) in [5.41, 5.74) is 2.41. The van der Waals surface area contributed by atoms with Crippen LogP contribution in [0.1, 0.15) is 49.1 Å². The molecule has 1 unspecified atom stereocenters. The summed E-state index contributed by atoms with van der Waals surface area (Å²) in [7, 11) is 1.57. The van der Waals surface area contributed by atoms with E-state index in [2.05, 4.69) is 0 Å². The average Bonchev–Trinajstić information content (AvgIpc) is 3.16. The van der Waals surface area contributed by atoms with Crippen molar-refractivity contribution in [3.05, 3.63) is 88.5 Å². The van der Waals surface area contributed by atoms with Crippen LogP contribution in [-0.2, 0) is 16.1 Å². The van der Waals surface area contributed by atoms with Crippen molar-refractivity contribution in [3.63, 3.8) is 0 Å². The van der Waals surface area contributed by atoms with Crippen LogP contribution in [0.2, 0.25) is 0 Å². The minimum Gasteiger partial charge on any atom is -0.507 e. The zero-order valence-corrected chi connectivity index (χ0v) is 22.7. The minimum atomic E-state index is -0.918. The van der Waals surface area contributed by atoms with Gasteiger partial charge in [-0.25, -0.2) is 0 Å². The van der Waals surface area contributed by atoms with Crippen LogP contribution in [0.3, 0.4) is 0 Å². The van der Waals surface area contributed by atoms with Gasteiger partial charge in [-0.05, 0) is 86.8 Å². The number of nitrogens with zero attached hydrogens (tertiary/aromatic N) is 1. The third kappa shape index (κ3) is 5.70. The summed E-state index contributed by atoms with van der Waals surface area (Å²) in [5.74, 6) is -0.339. The van der Waals surface area contributed by atoms with Gasteiger partial charge in [0.05, 0.1) is 31.4 Å². The number of carbonyl (C=O) groups excluding carboxylic acids is 2. The molecule has 1 heterocycles. The molecule has 0 spiro atoms. The van der Waals surface area contributed by atoms with Crippen LogP contribution in [0, 0.1) is 6.92 Å². The molecular weight excluding hydrogens is 498 g/mol. The first kappa shape index (κ1) is 27.6. The lowest BCUT2D eigenvalue weighted by atomic mass is 9.94. The molecule has 39 heavy (non-hydrogen) atoms. The molecule has 8 heteroatoms. The van der Waals surface area contributed by atoms with Crippen LogP contribution in [0.15, 0.2) is 66.2 Å². The number of carbonyl (C=O) groups is 2. The standard InChI is InChI=1S/C31H33NO7/c1-6-38-26-16-21(9-13-24(26)33)28-27(29(34)22-10-14-25(19(4)15-22)39-18(2)3)30(35)31(36)32(28)17-20-7-11-23(37-5)12-8-20/h7-16,18,28,33-34H,6,17H2,1-5H3/b29-27-. The van der Waals surface area contributed by atoms with Crippen molar-refractivity contribution in [1.29, 1.82) is 0 Å². The number of methoxy groups -OCH3 is 1. The first-order valence-corrected chi connectivity index (χ1v) is 12.8. The van der Waals surface area contributed by atoms with Gasteiger partial charge >= 0.3 is 0 Å². The fourth-order valence-corrected chi connectivity index (χ4v) is 4.63. The normalized spacial score (nSPS) is 16.6. The molecule has 3 aromatic carbocycles. The van der Waals surface area contributed by atoms with Crippen LogP contribution in [-0.4, -0.2) is 46.6 Å². The Bertz CT molecular complexity index is 1410. The number of aliphatic hydroxyl groups excluding tert-OH is 1. The largest absolute Gasteiger partial charge is 0.507 e. The monoisotopic (exact) mass is 531 g/mol. The maximum absolute atomic E-state index is 13.4. The SMILES string of the molecule is CCOc1cc(C2/C(=C(/O)c3ccc(OC(C)C)c(C)c3)C(=O)C(=O)N2Cc2ccc(OC)cc2)ccc1O. The Morgan fingerprint density at radius 1 is 1.00 bits per heavy atom. The van der Waals surface area contributed by atoms with Crippen molar-refractivity contribution in [1.82, 2.24) is 4.90 Å². The average molecular weight is 532 g/mol. The zero-order valence-electron chi connectivity index (χ0n) is 22.7. The van der Waals surface area contributed by atoms with Crippen molar-refractivity contribution in [2.24, 2.45) is 0 Å². The first-order chi connectivity index (χ1) is 18.6. The maximum atomic E-state index is 13.4. The Hall–Kier alpha value is -4.46. The fraction of sp³-hybridized carbons (Fsp3) is 0.290. The molecule has 1 atom stereocenters. The van der Waals surface area contributed by atoms with Gasteiger partial charge in [-0.2, -0.15) is 0 Å². The van der Waals surface area contributed by atoms with Crippen molar-refractivity contribution >= 4 is 17.4 Å². The Labute approximate surface area is 228 Å². The molecule has 1 aliphatic rings. The molecule has 1 saturated heterocycles. The van der Waals surface area contributed by atoms with Crippen molar-refractivity contribution in [2.45, 2.75) is 46.4 Å². The number of aliphatic hydroxyl groups is 1. The van der Waals surface area contributed by atoms with Gasteiger partial charge in [0.15, 0.2) is 11.5 Å². The molecule has 0 bridgehead atoms. The van der Waals surface area contributed by atoms with Crippen molar-refractivity contribution in [3.8, 4) is 23.0 Å². The fourth-order valence-electron chi connectivity index (χ4n) is 4.63. The summed E-state index contributed by atoms with van der Waals surface area (Å²) >= 11 is 0. The molecule has 1 aliphatic heterocycles. The van der Waals surface area contributed by atoms with E-state index in [0.717, 1.165) is 11.1 Å². The lowest BCUT2D eigenvalue weighted by molar-refractivity contribution is -0.140. The number of likely N-dealkylation sites (tertiary alicyclic amines) is 1. The molecule has 8 nitrogen and oxygen atoms in total. The highest BCUT2D eigenvalue weighted by atomic mass is 16.5. The van der Waals surface area contributed by atoms with E-state index in [9.17, 15) is 19.8 Å². The summed E-state index contributed by atoms with van der Waals surface area (Å²) in [6.07, 6.45) is -0.0274. The second-order valence-corrected chi connectivity index (χ2v) is 9.58. The molecule has 1 fully saturated rings. The van der Waals surface area contributed by atoms with E-state index >= 15 is 0 Å². The molecule has 3 aromatic rings. The number of ether oxygens (including phenoxy) is 3. The van der Waals surface area contributed by atoms with Crippen LogP contribution < -0.4 is 14.2 Å². The number of aryl methyl sites for hydroxylation is 1. The van der Waals surface area contributed by atoms with E-state index in [-0.39, 0.29) is 35.5 Å². The summed E-state index contributed by atoms with van der Waals surface area (Å²) in [6.45, 7) is 7.91. The number of phenols is 1. The van der Waals surface area contributed by atoms with E-state index in [1.807, 2.05) is 32.9 Å². The van der Waals surface area contributed by atoms with Gasteiger partial charge in [0.25, 0.3) is 11.7 Å². The second-order valence-electron chi connectivity index (χ2n) is 9.58. The highest BCUT2D eigenvalue weighted by Crippen LogP contribution is 2.43. The molecule has 0 aliphatic carbocycles. The van der Waals surface area contributed by atoms with Crippen molar-refractivity contribution in [2.75, 3.05) is 13.7 Å². The molecular formula is C31H33NO7. The molecule has 0 aromatic heterocycles. The van der Waals surface area contributed by atoms with E-state index in [1.165, 1.54) is 11.0 Å². The predicted octanol–water partition coefficient (Wildman–Crippen LogP) is 5.52. The number of hydrogen-bond acceptors (Lipinski definition) is 7. The molecule has 0 saturated carbocycles. The minimum absolute atomic E-state index is 0.0274. The van der Waals surface area contributed by atoms with E-state index < -0.39 is 17.7 Å². The molecule has 2 N–H and O–H groups in total. The predicted molar refractivity (Wildman–Crippen MR) is 147 cm³/mol. The van der Waals surface area contributed by atoms with Crippen LogP contribution in [0.5, 0.6) is 23.0 Å². The Kier molecular flexibility index (Phi) is 8.14. The molecule has 1 amide bonds. The second kappa shape index (κ2) is 11.5. The van der Waals surface area contributed by atoms with E-state index in [0.29, 0.717) is 29.2 Å². The number of hydrogen-bond donors (Lipinski definition) is 2. The van der Waals surface area contributed by atoms with Crippen LogP contribution >= 0.6 is 0 Å². The third-order valence-electron chi connectivity index (χ3n) is 6.46. The number of amides is 1.